The second-order valence-electron chi connectivity index (χ2n) is 7.01. The number of nitrogens with one attached hydrogen (secondary N) is 2. The molecule has 1 aromatic rings. The van der Waals surface area contributed by atoms with E-state index in [4.69, 9.17) is 0 Å². The van der Waals surface area contributed by atoms with Crippen molar-refractivity contribution in [2.24, 2.45) is 7.05 Å². The van der Waals surface area contributed by atoms with Crippen LogP contribution in [0.5, 0.6) is 0 Å². The number of carbonyl (C=O) groups is 1. The van der Waals surface area contributed by atoms with Crippen LogP contribution >= 0.6 is 0 Å². The Morgan fingerprint density at radius 2 is 2.17 bits per heavy atom. The molecule has 1 aliphatic heterocycles. The lowest BCUT2D eigenvalue weighted by Gasteiger charge is -2.32. The van der Waals surface area contributed by atoms with Gasteiger partial charge in [0, 0.05) is 44.5 Å². The first-order valence-corrected chi connectivity index (χ1v) is 8.39. The summed E-state index contributed by atoms with van der Waals surface area (Å²) in [7, 11) is 1.79. The fourth-order valence-corrected chi connectivity index (χ4v) is 2.91. The second-order valence-corrected chi connectivity index (χ2v) is 7.01. The molecule has 0 unspecified atom stereocenters. The van der Waals surface area contributed by atoms with Crippen molar-refractivity contribution < 1.29 is 9.90 Å². The van der Waals surface area contributed by atoms with E-state index in [1.807, 2.05) is 6.92 Å². The molecule has 0 bridgehead atoms. The van der Waals surface area contributed by atoms with Crippen molar-refractivity contribution >= 4 is 6.03 Å². The maximum atomic E-state index is 12.1. The van der Waals surface area contributed by atoms with Gasteiger partial charge in [-0.15, -0.1) is 0 Å². The predicted molar refractivity (Wildman–Crippen MR) is 93.6 cm³/mol. The van der Waals surface area contributed by atoms with Crippen molar-refractivity contribution in [3.8, 4) is 0 Å². The normalized spacial score (nSPS) is 18.8. The molecule has 0 spiro atoms. The maximum Gasteiger partial charge on any atom is 0.315 e. The smallest absolute Gasteiger partial charge is 0.315 e. The van der Waals surface area contributed by atoms with Crippen molar-refractivity contribution in [3.63, 3.8) is 0 Å². The number of amides is 2. The van der Waals surface area contributed by atoms with E-state index in [1.54, 1.807) is 31.0 Å². The molecule has 1 aliphatic rings. The third kappa shape index (κ3) is 5.35. The maximum absolute atomic E-state index is 12.1. The van der Waals surface area contributed by atoms with E-state index in [1.165, 1.54) is 0 Å². The van der Waals surface area contributed by atoms with Crippen LogP contribution in [0.15, 0.2) is 24.5 Å². The molecule has 1 aromatic heterocycles. The molecular weight excluding hydrogens is 306 g/mol. The first kappa shape index (κ1) is 18.5. The van der Waals surface area contributed by atoms with Gasteiger partial charge in [-0.3, -0.25) is 9.58 Å². The number of nitrogens with zero attached hydrogens (tertiary/aromatic N) is 3. The number of rotatable bonds is 6. The Hall–Kier alpha value is -1.86. The Morgan fingerprint density at radius 3 is 2.71 bits per heavy atom. The van der Waals surface area contributed by atoms with Crippen LogP contribution in [0.1, 0.15) is 32.3 Å². The summed E-state index contributed by atoms with van der Waals surface area (Å²) in [6, 6.07) is -0.0628. The molecular formula is C17H29N5O2. The highest BCUT2D eigenvalue weighted by atomic mass is 16.3. The van der Waals surface area contributed by atoms with Crippen LogP contribution in [0.4, 0.5) is 4.79 Å². The lowest BCUT2D eigenvalue weighted by Crippen LogP contribution is -2.50. The zero-order valence-corrected chi connectivity index (χ0v) is 14.9. The van der Waals surface area contributed by atoms with Crippen molar-refractivity contribution in [2.75, 3.05) is 26.2 Å². The van der Waals surface area contributed by atoms with Gasteiger partial charge in [-0.2, -0.15) is 5.10 Å². The highest BCUT2D eigenvalue weighted by Gasteiger charge is 2.26. The monoisotopic (exact) mass is 335 g/mol. The minimum atomic E-state index is -1.14. The number of carbonyl (C=O) groups excluding carboxylic acids is 1. The Labute approximate surface area is 143 Å². The van der Waals surface area contributed by atoms with Crippen LogP contribution in [0.3, 0.4) is 0 Å². The van der Waals surface area contributed by atoms with Gasteiger partial charge in [-0.1, -0.05) is 12.2 Å². The zero-order valence-electron chi connectivity index (χ0n) is 14.9. The summed E-state index contributed by atoms with van der Waals surface area (Å²) >= 11 is 0. The topological polar surface area (TPSA) is 82.4 Å². The van der Waals surface area contributed by atoms with Crippen molar-refractivity contribution in [1.82, 2.24) is 25.3 Å². The van der Waals surface area contributed by atoms with Gasteiger partial charge in [0.15, 0.2) is 0 Å². The summed E-state index contributed by atoms with van der Waals surface area (Å²) in [6.07, 6.45) is 5.22. The van der Waals surface area contributed by atoms with E-state index >= 15 is 0 Å². The molecule has 0 radical (unpaired) electrons. The Morgan fingerprint density at radius 1 is 1.50 bits per heavy atom. The SMILES string of the molecule is C=C(C)CN1CCC(NC(=O)NC[C@](C)(O)c2cnn(C)c2)CC1. The average Bonchev–Trinajstić information content (AvgIpc) is 2.94. The summed E-state index contributed by atoms with van der Waals surface area (Å²) in [4.78, 5) is 14.4. The Kier molecular flexibility index (Phi) is 6.01. The molecule has 1 atom stereocenters. The molecule has 134 valence electrons. The quantitative estimate of drug-likeness (QED) is 0.677. The van der Waals surface area contributed by atoms with E-state index < -0.39 is 5.60 Å². The van der Waals surface area contributed by atoms with Gasteiger partial charge in [-0.05, 0) is 26.7 Å². The van der Waals surface area contributed by atoms with Gasteiger partial charge in [-0.25, -0.2) is 4.79 Å². The zero-order chi connectivity index (χ0) is 17.7. The summed E-state index contributed by atoms with van der Waals surface area (Å²) in [5.41, 5.74) is 0.700. The molecule has 1 fully saturated rings. The number of piperidine rings is 1. The molecule has 0 aliphatic carbocycles. The number of hydrogen-bond donors (Lipinski definition) is 3. The van der Waals surface area contributed by atoms with Crippen molar-refractivity contribution in [2.45, 2.75) is 38.3 Å². The van der Waals surface area contributed by atoms with Crippen LogP contribution < -0.4 is 10.6 Å². The van der Waals surface area contributed by atoms with Gasteiger partial charge >= 0.3 is 6.03 Å². The Bertz CT molecular complexity index is 573. The van der Waals surface area contributed by atoms with Crippen LogP contribution in [0, 0.1) is 0 Å². The van der Waals surface area contributed by atoms with Gasteiger partial charge in [0.05, 0.1) is 12.7 Å². The molecule has 7 nitrogen and oxygen atoms in total. The molecule has 2 heterocycles. The van der Waals surface area contributed by atoms with Crippen molar-refractivity contribution in [3.05, 3.63) is 30.1 Å². The minimum absolute atomic E-state index is 0.138. The third-order valence-electron chi connectivity index (χ3n) is 4.34. The minimum Gasteiger partial charge on any atom is -0.383 e. The summed E-state index contributed by atoms with van der Waals surface area (Å²) in [6.45, 7) is 10.6. The Balaban J connectivity index is 1.73. The van der Waals surface area contributed by atoms with Gasteiger partial charge in [0.25, 0.3) is 0 Å². The number of likely N-dealkylation sites (tertiary alicyclic amines) is 1. The summed E-state index contributed by atoms with van der Waals surface area (Å²) in [5.74, 6) is 0. The van der Waals surface area contributed by atoms with Crippen LogP contribution in [0.2, 0.25) is 0 Å². The summed E-state index contributed by atoms with van der Waals surface area (Å²) < 4.78 is 1.63. The van der Waals surface area contributed by atoms with Gasteiger partial charge in [0.2, 0.25) is 0 Å². The van der Waals surface area contributed by atoms with Gasteiger partial charge in [0.1, 0.15) is 5.60 Å². The molecule has 3 N–H and O–H groups in total. The molecule has 1 saturated heterocycles. The largest absolute Gasteiger partial charge is 0.383 e. The van der Waals surface area contributed by atoms with E-state index in [0.29, 0.717) is 5.56 Å². The molecule has 0 aromatic carbocycles. The molecule has 24 heavy (non-hydrogen) atoms. The van der Waals surface area contributed by atoms with E-state index in [2.05, 4.69) is 27.2 Å². The molecule has 0 saturated carbocycles. The van der Waals surface area contributed by atoms with E-state index in [0.717, 1.165) is 38.0 Å². The summed E-state index contributed by atoms with van der Waals surface area (Å²) in [5, 5.41) is 20.3. The van der Waals surface area contributed by atoms with E-state index in [9.17, 15) is 9.90 Å². The van der Waals surface area contributed by atoms with Crippen LogP contribution in [0.25, 0.3) is 0 Å². The molecule has 2 amide bonds. The van der Waals surface area contributed by atoms with E-state index in [-0.39, 0.29) is 18.6 Å². The second kappa shape index (κ2) is 7.81. The molecule has 2 rings (SSSR count). The lowest BCUT2D eigenvalue weighted by molar-refractivity contribution is 0.0590. The first-order valence-electron chi connectivity index (χ1n) is 8.39. The first-order chi connectivity index (χ1) is 11.3. The number of urea groups is 1. The number of aryl methyl sites for hydroxylation is 1. The fraction of sp³-hybridized carbons (Fsp3) is 0.647. The highest BCUT2D eigenvalue weighted by molar-refractivity contribution is 5.74. The number of aliphatic hydroxyl groups is 1. The van der Waals surface area contributed by atoms with Gasteiger partial charge < -0.3 is 15.7 Å². The van der Waals surface area contributed by atoms with Crippen molar-refractivity contribution in [1.29, 1.82) is 0 Å². The predicted octanol–water partition coefficient (Wildman–Crippen LogP) is 0.967. The van der Waals surface area contributed by atoms with Crippen LogP contribution in [-0.2, 0) is 12.6 Å². The average molecular weight is 335 g/mol. The molecule has 7 heteroatoms. The number of aromatic nitrogens is 2. The highest BCUT2D eigenvalue weighted by Crippen LogP contribution is 2.18. The van der Waals surface area contributed by atoms with Crippen LogP contribution in [-0.4, -0.2) is 58.0 Å². The fourth-order valence-electron chi connectivity index (χ4n) is 2.91. The lowest BCUT2D eigenvalue weighted by atomic mass is 10.00. The number of hydrogen-bond acceptors (Lipinski definition) is 4. The standard InChI is InChI=1S/C17H29N5O2/c1-13(2)10-22-7-5-15(6-8-22)20-16(23)18-12-17(3,24)14-9-19-21(4)11-14/h9,11,15,24H,1,5-8,10,12H2,2-4H3,(H2,18,20,23)/t17-/m0/s1. The third-order valence-corrected chi connectivity index (χ3v) is 4.34.